The second-order valence-corrected chi connectivity index (χ2v) is 4.52. The molecule has 2 heteroatoms. The highest BCUT2D eigenvalue weighted by Crippen LogP contribution is 2.50. The first-order valence-electron chi connectivity index (χ1n) is 5.40. The molecule has 1 aromatic heterocycles. The minimum absolute atomic E-state index is 0.132. The monoisotopic (exact) mass is 213 g/mol. The molecule has 0 atom stereocenters. The van der Waals surface area contributed by atoms with Gasteiger partial charge in [-0.2, -0.15) is 0 Å². The third-order valence-electron chi connectivity index (χ3n) is 3.49. The van der Waals surface area contributed by atoms with Gasteiger partial charge in [-0.05, 0) is 24.5 Å². The Morgan fingerprint density at radius 3 is 2.81 bits per heavy atom. The molecule has 1 fully saturated rings. The number of halogens is 1. The largest absolute Gasteiger partial charge is 0.348 e. The van der Waals surface area contributed by atoms with Crippen LogP contribution in [0.4, 0.5) is 4.39 Å². The summed E-state index contributed by atoms with van der Waals surface area (Å²) in [5.74, 6) is 2.68. The van der Waals surface area contributed by atoms with Crippen LogP contribution in [0.3, 0.4) is 0 Å². The molecule has 0 bridgehead atoms. The number of rotatable bonds is 1. The molecule has 0 spiro atoms. The third-order valence-corrected chi connectivity index (χ3v) is 3.49. The molecule has 0 aliphatic heterocycles. The van der Waals surface area contributed by atoms with Crippen LogP contribution in [0.2, 0.25) is 0 Å². The summed E-state index contributed by atoms with van der Waals surface area (Å²) in [6.45, 7) is 0. The van der Waals surface area contributed by atoms with E-state index in [0.717, 1.165) is 23.8 Å². The van der Waals surface area contributed by atoms with Gasteiger partial charge in [0.1, 0.15) is 5.82 Å². The Kier molecular flexibility index (Phi) is 1.71. The minimum Gasteiger partial charge on any atom is -0.348 e. The number of hydrogen-bond acceptors (Lipinski definition) is 0. The van der Waals surface area contributed by atoms with E-state index < -0.39 is 0 Å². The Morgan fingerprint density at radius 1 is 1.44 bits per heavy atom. The fourth-order valence-corrected chi connectivity index (χ4v) is 2.42. The normalized spacial score (nSPS) is 17.3. The SMILES string of the molecule is C#CC1(c2cn(C)c3c(F)cccc23)CC1. The zero-order valence-corrected chi connectivity index (χ0v) is 9.13. The molecule has 0 amide bonds. The van der Waals surface area contributed by atoms with E-state index in [-0.39, 0.29) is 11.2 Å². The zero-order chi connectivity index (χ0) is 11.3. The summed E-state index contributed by atoms with van der Waals surface area (Å²) < 4.78 is 15.5. The Morgan fingerprint density at radius 2 is 2.19 bits per heavy atom. The van der Waals surface area contributed by atoms with Gasteiger partial charge >= 0.3 is 0 Å². The lowest BCUT2D eigenvalue weighted by Crippen LogP contribution is -2.00. The van der Waals surface area contributed by atoms with Gasteiger partial charge in [-0.15, -0.1) is 6.42 Å². The Bertz CT molecular complexity index is 611. The summed E-state index contributed by atoms with van der Waals surface area (Å²) >= 11 is 0. The van der Waals surface area contributed by atoms with Crippen molar-refractivity contribution < 1.29 is 4.39 Å². The van der Waals surface area contributed by atoms with Crippen LogP contribution in [-0.2, 0) is 12.5 Å². The number of benzene rings is 1. The Balaban J connectivity index is 2.37. The summed E-state index contributed by atoms with van der Waals surface area (Å²) in [5.41, 5.74) is 1.62. The average Bonchev–Trinajstić information content (AvgIpc) is 2.99. The first-order valence-corrected chi connectivity index (χ1v) is 5.40. The highest BCUT2D eigenvalue weighted by Gasteiger charge is 2.44. The fraction of sp³-hybridized carbons (Fsp3) is 0.286. The van der Waals surface area contributed by atoms with Gasteiger partial charge < -0.3 is 4.57 Å². The van der Waals surface area contributed by atoms with E-state index in [1.807, 2.05) is 23.9 Å². The first-order chi connectivity index (χ1) is 7.68. The molecule has 1 nitrogen and oxygen atoms in total. The van der Waals surface area contributed by atoms with Crippen LogP contribution >= 0.6 is 0 Å². The molecule has 16 heavy (non-hydrogen) atoms. The maximum atomic E-state index is 13.7. The number of terminal acetylenes is 1. The molecular weight excluding hydrogens is 201 g/mol. The van der Waals surface area contributed by atoms with Gasteiger partial charge in [0.25, 0.3) is 0 Å². The second kappa shape index (κ2) is 2.89. The van der Waals surface area contributed by atoms with E-state index in [1.54, 1.807) is 6.07 Å². The quantitative estimate of drug-likeness (QED) is 0.642. The molecule has 1 aromatic carbocycles. The van der Waals surface area contributed by atoms with Crippen molar-refractivity contribution in [2.75, 3.05) is 0 Å². The summed E-state index contributed by atoms with van der Waals surface area (Å²) in [5, 5.41) is 0.956. The van der Waals surface area contributed by atoms with Crippen molar-refractivity contribution in [1.29, 1.82) is 0 Å². The summed E-state index contributed by atoms with van der Waals surface area (Å²) in [4.78, 5) is 0. The van der Waals surface area contributed by atoms with Crippen molar-refractivity contribution in [2.24, 2.45) is 7.05 Å². The van der Waals surface area contributed by atoms with Gasteiger partial charge in [0.05, 0.1) is 10.9 Å². The van der Waals surface area contributed by atoms with Crippen LogP contribution in [0.25, 0.3) is 10.9 Å². The van der Waals surface area contributed by atoms with Gasteiger partial charge in [-0.1, -0.05) is 18.1 Å². The number of fused-ring (bicyclic) bond motifs is 1. The zero-order valence-electron chi connectivity index (χ0n) is 9.13. The van der Waals surface area contributed by atoms with Crippen LogP contribution in [0.15, 0.2) is 24.4 Å². The maximum absolute atomic E-state index is 13.7. The van der Waals surface area contributed by atoms with Gasteiger partial charge in [-0.25, -0.2) is 4.39 Å². The molecule has 2 aromatic rings. The van der Waals surface area contributed by atoms with E-state index in [9.17, 15) is 4.39 Å². The molecule has 1 aliphatic carbocycles. The van der Waals surface area contributed by atoms with Gasteiger partial charge in [0.15, 0.2) is 0 Å². The van der Waals surface area contributed by atoms with Crippen molar-refractivity contribution >= 4 is 10.9 Å². The van der Waals surface area contributed by atoms with Crippen molar-refractivity contribution in [2.45, 2.75) is 18.3 Å². The van der Waals surface area contributed by atoms with Crippen LogP contribution in [-0.4, -0.2) is 4.57 Å². The molecule has 80 valence electrons. The molecule has 0 N–H and O–H groups in total. The predicted octanol–water partition coefficient (Wildman–Crippen LogP) is 2.98. The number of para-hydroxylation sites is 1. The van der Waals surface area contributed by atoms with Crippen LogP contribution < -0.4 is 0 Å². The molecular formula is C14H12FN. The summed E-state index contributed by atoms with van der Waals surface area (Å²) in [6, 6.07) is 5.18. The molecule has 1 aliphatic rings. The van der Waals surface area contributed by atoms with Crippen LogP contribution in [0.1, 0.15) is 18.4 Å². The van der Waals surface area contributed by atoms with Crippen LogP contribution in [0.5, 0.6) is 0 Å². The van der Waals surface area contributed by atoms with Crippen molar-refractivity contribution in [3.05, 3.63) is 35.8 Å². The van der Waals surface area contributed by atoms with Crippen molar-refractivity contribution in [1.82, 2.24) is 4.57 Å². The molecule has 0 unspecified atom stereocenters. The number of hydrogen-bond donors (Lipinski definition) is 0. The van der Waals surface area contributed by atoms with E-state index >= 15 is 0 Å². The lowest BCUT2D eigenvalue weighted by molar-refractivity contribution is 0.632. The van der Waals surface area contributed by atoms with Crippen molar-refractivity contribution in [3.8, 4) is 12.3 Å². The Hall–Kier alpha value is -1.75. The highest BCUT2D eigenvalue weighted by atomic mass is 19.1. The molecule has 0 radical (unpaired) electrons. The lowest BCUT2D eigenvalue weighted by atomic mass is 9.96. The molecule has 1 heterocycles. The topological polar surface area (TPSA) is 4.93 Å². The standard InChI is InChI=1S/C14H12FN/c1-3-14(7-8-14)11-9-16(2)13-10(11)5-4-6-12(13)15/h1,4-6,9H,7-8H2,2H3. The molecule has 1 saturated carbocycles. The lowest BCUT2D eigenvalue weighted by Gasteiger charge is -2.04. The summed E-state index contributed by atoms with van der Waals surface area (Å²) in [7, 11) is 1.86. The van der Waals surface area contributed by atoms with Gasteiger partial charge in [0.2, 0.25) is 0 Å². The van der Waals surface area contributed by atoms with E-state index in [4.69, 9.17) is 6.42 Å². The minimum atomic E-state index is -0.181. The smallest absolute Gasteiger partial charge is 0.147 e. The molecule has 0 saturated heterocycles. The van der Waals surface area contributed by atoms with Crippen LogP contribution in [0, 0.1) is 18.2 Å². The maximum Gasteiger partial charge on any atom is 0.147 e. The molecule has 3 rings (SSSR count). The average molecular weight is 213 g/mol. The van der Waals surface area contributed by atoms with E-state index in [1.165, 1.54) is 6.07 Å². The highest BCUT2D eigenvalue weighted by molar-refractivity contribution is 5.86. The number of aryl methyl sites for hydroxylation is 1. The third kappa shape index (κ3) is 1.06. The number of nitrogens with zero attached hydrogens (tertiary/aromatic N) is 1. The van der Waals surface area contributed by atoms with Gasteiger partial charge in [0, 0.05) is 18.6 Å². The predicted molar refractivity (Wildman–Crippen MR) is 62.6 cm³/mol. The summed E-state index contributed by atoms with van der Waals surface area (Å²) in [6.07, 6.45) is 9.59. The fourth-order valence-electron chi connectivity index (χ4n) is 2.42. The first kappa shape index (κ1) is 9.47. The second-order valence-electron chi connectivity index (χ2n) is 4.52. The van der Waals surface area contributed by atoms with Crippen molar-refractivity contribution in [3.63, 3.8) is 0 Å². The van der Waals surface area contributed by atoms with E-state index in [2.05, 4.69) is 5.92 Å². The van der Waals surface area contributed by atoms with Gasteiger partial charge in [-0.3, -0.25) is 0 Å². The Labute approximate surface area is 93.9 Å². The van der Waals surface area contributed by atoms with E-state index in [0.29, 0.717) is 5.52 Å². The number of aromatic nitrogens is 1.